The summed E-state index contributed by atoms with van der Waals surface area (Å²) in [6, 6.07) is 16.0. The molecule has 0 saturated carbocycles. The number of fused-ring (bicyclic) bond motifs is 1. The highest BCUT2D eigenvalue weighted by Crippen LogP contribution is 2.20. The highest BCUT2D eigenvalue weighted by molar-refractivity contribution is 5.97. The van der Waals surface area contributed by atoms with Crippen LogP contribution in [-0.2, 0) is 6.54 Å². The first-order valence-electron chi connectivity index (χ1n) is 8.57. The van der Waals surface area contributed by atoms with E-state index in [4.69, 9.17) is 0 Å². The minimum absolute atomic E-state index is 0.0525. The van der Waals surface area contributed by atoms with Gasteiger partial charge in [-0.3, -0.25) is 9.69 Å². The second-order valence-corrected chi connectivity index (χ2v) is 6.76. The summed E-state index contributed by atoms with van der Waals surface area (Å²) in [6.07, 6.45) is 0. The molecule has 6 heteroatoms. The molecule has 0 unspecified atom stereocenters. The quantitative estimate of drug-likeness (QED) is 0.767. The van der Waals surface area contributed by atoms with Gasteiger partial charge in [-0.05, 0) is 29.7 Å². The SMILES string of the molecule is C[C@H]1CN(Cc2ccccc2)C[C@H]1NC(=O)c1ccc2n[nH]nc2c1. The smallest absolute Gasteiger partial charge is 0.251 e. The standard InChI is InChI=1S/C19H21N5O/c1-13-10-24(11-14-5-3-2-4-6-14)12-18(13)20-19(25)15-7-8-16-17(9-15)22-23-21-16/h2-9,13,18H,10-12H2,1H3,(H,20,25)(H,21,22,23)/t13-,18+/m0/s1. The Morgan fingerprint density at radius 2 is 1.96 bits per heavy atom. The molecule has 0 spiro atoms. The first-order chi connectivity index (χ1) is 12.2. The number of aromatic amines is 1. The van der Waals surface area contributed by atoms with Crippen molar-refractivity contribution in [3.63, 3.8) is 0 Å². The minimum Gasteiger partial charge on any atom is -0.348 e. The summed E-state index contributed by atoms with van der Waals surface area (Å²) in [7, 11) is 0. The van der Waals surface area contributed by atoms with Crippen LogP contribution in [0.1, 0.15) is 22.8 Å². The van der Waals surface area contributed by atoms with Crippen LogP contribution in [0.3, 0.4) is 0 Å². The molecule has 1 aromatic heterocycles. The summed E-state index contributed by atoms with van der Waals surface area (Å²) < 4.78 is 0. The fraction of sp³-hybridized carbons (Fsp3) is 0.316. The van der Waals surface area contributed by atoms with Crippen LogP contribution < -0.4 is 5.32 Å². The number of carbonyl (C=O) groups is 1. The van der Waals surface area contributed by atoms with Gasteiger partial charge in [0.15, 0.2) is 0 Å². The molecule has 0 aliphatic carbocycles. The molecule has 6 nitrogen and oxygen atoms in total. The second-order valence-electron chi connectivity index (χ2n) is 6.76. The lowest BCUT2D eigenvalue weighted by atomic mass is 10.1. The van der Waals surface area contributed by atoms with Crippen molar-refractivity contribution < 1.29 is 4.79 Å². The van der Waals surface area contributed by atoms with Crippen LogP contribution in [0.15, 0.2) is 48.5 Å². The molecule has 2 aromatic carbocycles. The van der Waals surface area contributed by atoms with Gasteiger partial charge in [0.05, 0.1) is 0 Å². The van der Waals surface area contributed by atoms with Crippen molar-refractivity contribution in [2.45, 2.75) is 19.5 Å². The van der Waals surface area contributed by atoms with Crippen LogP contribution in [0.2, 0.25) is 0 Å². The van der Waals surface area contributed by atoms with Crippen molar-refractivity contribution in [1.82, 2.24) is 25.6 Å². The zero-order chi connectivity index (χ0) is 17.2. The maximum Gasteiger partial charge on any atom is 0.251 e. The molecule has 0 bridgehead atoms. The Morgan fingerprint density at radius 3 is 2.80 bits per heavy atom. The molecule has 3 aromatic rings. The van der Waals surface area contributed by atoms with E-state index in [1.54, 1.807) is 12.1 Å². The third kappa shape index (κ3) is 3.39. The van der Waals surface area contributed by atoms with Crippen LogP contribution in [0.25, 0.3) is 11.0 Å². The Hall–Kier alpha value is -2.73. The molecule has 2 heterocycles. The van der Waals surface area contributed by atoms with Gasteiger partial charge in [0, 0.05) is 31.2 Å². The molecular formula is C19H21N5O. The monoisotopic (exact) mass is 335 g/mol. The number of aromatic nitrogens is 3. The van der Waals surface area contributed by atoms with Gasteiger partial charge in [-0.15, -0.1) is 0 Å². The van der Waals surface area contributed by atoms with Crippen LogP contribution in [0, 0.1) is 5.92 Å². The summed E-state index contributed by atoms with van der Waals surface area (Å²) in [5.41, 5.74) is 3.39. The van der Waals surface area contributed by atoms with Gasteiger partial charge < -0.3 is 5.32 Å². The maximum absolute atomic E-state index is 12.6. The number of H-pyrrole nitrogens is 1. The number of likely N-dealkylation sites (tertiary alicyclic amines) is 1. The first-order valence-corrected chi connectivity index (χ1v) is 8.57. The van der Waals surface area contributed by atoms with Crippen LogP contribution in [0.4, 0.5) is 0 Å². The molecule has 1 aliphatic rings. The summed E-state index contributed by atoms with van der Waals surface area (Å²) in [5.74, 6) is 0.367. The molecule has 25 heavy (non-hydrogen) atoms. The molecule has 1 fully saturated rings. The molecule has 1 saturated heterocycles. The number of carbonyl (C=O) groups excluding carboxylic acids is 1. The topological polar surface area (TPSA) is 73.9 Å². The van der Waals surface area contributed by atoms with E-state index in [-0.39, 0.29) is 11.9 Å². The van der Waals surface area contributed by atoms with E-state index in [1.807, 2.05) is 12.1 Å². The first kappa shape index (κ1) is 15.8. The van der Waals surface area contributed by atoms with E-state index >= 15 is 0 Å². The van der Waals surface area contributed by atoms with Crippen molar-refractivity contribution in [1.29, 1.82) is 0 Å². The van der Waals surface area contributed by atoms with E-state index in [0.717, 1.165) is 25.2 Å². The highest BCUT2D eigenvalue weighted by atomic mass is 16.1. The largest absolute Gasteiger partial charge is 0.348 e. The fourth-order valence-electron chi connectivity index (χ4n) is 3.46. The lowest BCUT2D eigenvalue weighted by molar-refractivity contribution is 0.0931. The third-order valence-electron chi connectivity index (χ3n) is 4.83. The third-order valence-corrected chi connectivity index (χ3v) is 4.83. The lowest BCUT2D eigenvalue weighted by Crippen LogP contribution is -2.39. The van der Waals surface area contributed by atoms with Gasteiger partial charge in [0.1, 0.15) is 11.0 Å². The molecule has 4 rings (SSSR count). The van der Waals surface area contributed by atoms with Gasteiger partial charge in [0.25, 0.3) is 5.91 Å². The molecule has 2 atom stereocenters. The molecule has 1 amide bonds. The normalized spacial score (nSPS) is 20.8. The Bertz CT molecular complexity index is 876. The van der Waals surface area contributed by atoms with Crippen LogP contribution >= 0.6 is 0 Å². The van der Waals surface area contributed by atoms with E-state index in [2.05, 4.69) is 56.8 Å². The van der Waals surface area contributed by atoms with E-state index in [0.29, 0.717) is 17.0 Å². The van der Waals surface area contributed by atoms with Gasteiger partial charge in [-0.1, -0.05) is 37.3 Å². The molecular weight excluding hydrogens is 314 g/mol. The fourth-order valence-corrected chi connectivity index (χ4v) is 3.46. The van der Waals surface area contributed by atoms with Crippen LogP contribution in [0.5, 0.6) is 0 Å². The summed E-state index contributed by atoms with van der Waals surface area (Å²) in [5, 5.41) is 13.8. The number of amides is 1. The summed E-state index contributed by atoms with van der Waals surface area (Å²) >= 11 is 0. The number of hydrogen-bond acceptors (Lipinski definition) is 4. The molecule has 1 aliphatic heterocycles. The Balaban J connectivity index is 1.40. The van der Waals surface area contributed by atoms with Gasteiger partial charge in [0.2, 0.25) is 0 Å². The van der Waals surface area contributed by atoms with Crippen LogP contribution in [-0.4, -0.2) is 45.3 Å². The highest BCUT2D eigenvalue weighted by Gasteiger charge is 2.30. The van der Waals surface area contributed by atoms with Gasteiger partial charge in [-0.2, -0.15) is 15.4 Å². The molecule has 128 valence electrons. The average molecular weight is 335 g/mol. The number of benzene rings is 2. The number of rotatable bonds is 4. The predicted octanol–water partition coefficient (Wildman–Crippen LogP) is 2.21. The predicted molar refractivity (Wildman–Crippen MR) is 96.0 cm³/mol. The summed E-state index contributed by atoms with van der Waals surface area (Å²) in [4.78, 5) is 15.0. The van der Waals surface area contributed by atoms with Gasteiger partial charge >= 0.3 is 0 Å². The van der Waals surface area contributed by atoms with Crippen molar-refractivity contribution in [3.8, 4) is 0 Å². The Kier molecular flexibility index (Phi) is 4.19. The number of nitrogens with one attached hydrogen (secondary N) is 2. The van der Waals surface area contributed by atoms with Gasteiger partial charge in [-0.25, -0.2) is 0 Å². The molecule has 0 radical (unpaired) electrons. The van der Waals surface area contributed by atoms with Crippen molar-refractivity contribution in [3.05, 3.63) is 59.7 Å². The second kappa shape index (κ2) is 6.64. The van der Waals surface area contributed by atoms with E-state index < -0.39 is 0 Å². The van der Waals surface area contributed by atoms with Crippen molar-refractivity contribution in [2.24, 2.45) is 5.92 Å². The average Bonchev–Trinajstić information content (AvgIpc) is 3.22. The number of nitrogens with zero attached hydrogens (tertiary/aromatic N) is 3. The Labute approximate surface area is 146 Å². The zero-order valence-corrected chi connectivity index (χ0v) is 14.1. The summed E-state index contributed by atoms with van der Waals surface area (Å²) in [6.45, 7) is 4.97. The minimum atomic E-state index is -0.0525. The van der Waals surface area contributed by atoms with E-state index in [9.17, 15) is 4.79 Å². The van der Waals surface area contributed by atoms with Crippen molar-refractivity contribution in [2.75, 3.05) is 13.1 Å². The lowest BCUT2D eigenvalue weighted by Gasteiger charge is -2.17. The zero-order valence-electron chi connectivity index (χ0n) is 14.1. The molecule has 2 N–H and O–H groups in total. The Morgan fingerprint density at radius 1 is 1.16 bits per heavy atom. The maximum atomic E-state index is 12.6. The number of hydrogen-bond donors (Lipinski definition) is 2. The van der Waals surface area contributed by atoms with E-state index in [1.165, 1.54) is 5.56 Å². The van der Waals surface area contributed by atoms with Crippen molar-refractivity contribution >= 4 is 16.9 Å².